The molecule has 0 spiro atoms. The van der Waals surface area contributed by atoms with Gasteiger partial charge in [0, 0.05) is 73.7 Å². The molecule has 9 aromatic rings. The second-order valence-corrected chi connectivity index (χ2v) is 19.8. The maximum Gasteiger partial charge on any atom is 0.271 e. The minimum absolute atomic E-state index is 0. The molecular weight excluding hydrogens is 1080 g/mol. The molecule has 85 heavy (non-hydrogen) atoms. The number of aliphatic imine (C=N–C) groups is 3. The van der Waals surface area contributed by atoms with Crippen LogP contribution < -0.4 is 22.1 Å². The Morgan fingerprint density at radius 3 is 1.31 bits per heavy atom. The van der Waals surface area contributed by atoms with Crippen LogP contribution in [0.1, 0.15) is 75.4 Å². The predicted octanol–water partition coefficient (Wildman–Crippen LogP) is 17.3. The van der Waals surface area contributed by atoms with Gasteiger partial charge >= 0.3 is 0 Å². The average molecular weight is 1160 g/mol. The van der Waals surface area contributed by atoms with Crippen LogP contribution in [0, 0.1) is 20.2 Å². The smallest absolute Gasteiger partial charge is 0.271 e. The van der Waals surface area contributed by atoms with Gasteiger partial charge in [-0.1, -0.05) is 217 Å². The molecule has 0 unspecified atom stereocenters. The molecule has 0 aromatic heterocycles. The fourth-order valence-corrected chi connectivity index (χ4v) is 9.11. The third kappa shape index (κ3) is 19.5. The number of hydrogen-bond donors (Lipinski definition) is 5. The second kappa shape index (κ2) is 33.5. The number of aliphatic hydroxyl groups excluding tert-OH is 1. The summed E-state index contributed by atoms with van der Waals surface area (Å²) in [5.74, 6) is 1.84. The van der Waals surface area contributed by atoms with Gasteiger partial charge in [-0.3, -0.25) is 30.2 Å². The topological polar surface area (TPSA) is 220 Å². The summed E-state index contributed by atoms with van der Waals surface area (Å²) in [5.41, 5.74) is 28.8. The number of nitrogens with one attached hydrogen (secondary N) is 2. The fraction of sp³-hybridized carbons (Fsp3) is 0.186. The van der Waals surface area contributed by atoms with Gasteiger partial charge < -0.3 is 27.2 Å². The SMILES string of the molecule is C.C.C.CCCCO.NCc1ccc(-c2ccccc2)cc1.Nc1ccc2c(c1)NC(=NCc1ccc(-c3ccccc3)cc1)C2.O=[N+]([O-])c1ccc2c(c1)N=C(Cl)C2.O=[N+]([O-])c1ccc2c(c1)NC(=NCc1ccc(-c3ccccc3)cc1)C2. The minimum atomic E-state index is -0.442. The number of nitrogens with zero attached hydrogens (tertiary/aromatic N) is 5. The highest BCUT2D eigenvalue weighted by Gasteiger charge is 2.20. The molecule has 0 saturated heterocycles. The lowest BCUT2D eigenvalue weighted by Gasteiger charge is -2.04. The number of amidine groups is 2. The molecule has 12 rings (SSSR count). The number of non-ortho nitro benzene ring substituents is 2. The maximum atomic E-state index is 10.9. The summed E-state index contributed by atoms with van der Waals surface area (Å²) >= 11 is 5.69. The van der Waals surface area contributed by atoms with E-state index in [0.717, 1.165) is 64.7 Å². The summed E-state index contributed by atoms with van der Waals surface area (Å²) in [6.45, 7) is 4.26. The number of anilines is 3. The van der Waals surface area contributed by atoms with E-state index >= 15 is 0 Å². The van der Waals surface area contributed by atoms with Crippen LogP contribution in [0.2, 0.25) is 0 Å². The van der Waals surface area contributed by atoms with Crippen LogP contribution >= 0.6 is 11.6 Å². The Bertz CT molecular complexity index is 3650. The Labute approximate surface area is 505 Å². The molecule has 7 N–H and O–H groups in total. The first-order valence-electron chi connectivity index (χ1n) is 27.0. The highest BCUT2D eigenvalue weighted by molar-refractivity contribution is 6.66. The Kier molecular flexibility index (Phi) is 26.1. The lowest BCUT2D eigenvalue weighted by molar-refractivity contribution is -0.385. The van der Waals surface area contributed by atoms with Gasteiger partial charge in [-0.2, -0.15) is 0 Å². The number of halogens is 1. The van der Waals surface area contributed by atoms with Crippen LogP contribution in [0.3, 0.4) is 0 Å². The third-order valence-corrected chi connectivity index (χ3v) is 13.6. The summed E-state index contributed by atoms with van der Waals surface area (Å²) in [7, 11) is 0. The van der Waals surface area contributed by atoms with Crippen molar-refractivity contribution >= 4 is 62.6 Å². The molecule has 3 heterocycles. The van der Waals surface area contributed by atoms with E-state index < -0.39 is 4.92 Å². The first-order chi connectivity index (χ1) is 39.9. The molecule has 0 amide bonds. The van der Waals surface area contributed by atoms with Gasteiger partial charge in [0.1, 0.15) is 16.8 Å². The highest BCUT2D eigenvalue weighted by Crippen LogP contribution is 2.32. The van der Waals surface area contributed by atoms with Crippen LogP contribution in [0.15, 0.2) is 233 Å². The van der Waals surface area contributed by atoms with E-state index in [1.807, 2.05) is 54.6 Å². The van der Waals surface area contributed by atoms with Gasteiger partial charge in [-0.15, -0.1) is 0 Å². The van der Waals surface area contributed by atoms with Crippen LogP contribution in [0.25, 0.3) is 33.4 Å². The lowest BCUT2D eigenvalue weighted by Crippen LogP contribution is -2.06. The van der Waals surface area contributed by atoms with Crippen molar-refractivity contribution in [3.05, 3.63) is 272 Å². The first kappa shape index (κ1) is 66.2. The normalized spacial score (nSPS) is 12.6. The molecule has 0 saturated carbocycles. The Hall–Kier alpha value is -9.60. The molecule has 438 valence electrons. The molecule has 3 aliphatic rings. The van der Waals surface area contributed by atoms with E-state index in [4.69, 9.17) is 33.2 Å². The number of nitro groups is 2. The Morgan fingerprint density at radius 1 is 0.518 bits per heavy atom. The van der Waals surface area contributed by atoms with Crippen molar-refractivity contribution in [2.75, 3.05) is 23.0 Å². The van der Waals surface area contributed by atoms with E-state index in [9.17, 15) is 20.2 Å². The standard InChI is InChI=1S/C21H17N3O2.C21H19N3.C13H13N.C8H5ClN2O2.C4H10O.3CH4/c25-24(26)19-11-10-18-12-21(23-20(18)13-19)22-14-15-6-8-17(9-7-15)16-4-2-1-3-5-16;22-19-11-10-18-12-21(24-20(18)13-19)23-14-15-6-8-17(9-7-15)16-4-2-1-3-5-16;14-10-11-6-8-13(9-7-11)12-4-2-1-3-5-12;9-8-3-5-1-2-6(11(12)13)4-7(5)10-8;1-2-3-4-5;;;/h1-11,13H,12,14H2,(H,22,23);1-11,13H,12,14,22H2,(H,23,24);1-9H,10,14H2;1-2,4H,3H2;5H,2-4H2,1H3;3*1H4. The fourth-order valence-electron chi connectivity index (χ4n) is 8.87. The molecule has 0 atom stereocenters. The van der Waals surface area contributed by atoms with E-state index in [0.29, 0.717) is 49.9 Å². The van der Waals surface area contributed by atoms with Crippen LogP contribution in [0.5, 0.6) is 0 Å². The van der Waals surface area contributed by atoms with Crippen molar-refractivity contribution < 1.29 is 15.0 Å². The van der Waals surface area contributed by atoms with E-state index in [1.165, 1.54) is 68.3 Å². The van der Waals surface area contributed by atoms with E-state index in [2.05, 4.69) is 155 Å². The third-order valence-electron chi connectivity index (χ3n) is 13.4. The number of nitrogen functional groups attached to an aromatic ring is 1. The van der Waals surface area contributed by atoms with Gasteiger partial charge in [0.2, 0.25) is 0 Å². The number of fused-ring (bicyclic) bond motifs is 3. The number of unbranched alkanes of at least 4 members (excludes halogenated alkanes) is 1. The van der Waals surface area contributed by atoms with Crippen LogP contribution in [0.4, 0.5) is 34.1 Å². The monoisotopic (exact) mass is 1160 g/mol. The summed E-state index contributed by atoms with van der Waals surface area (Å²) in [6.07, 6.45) is 4.14. The molecule has 3 aliphatic heterocycles. The molecule has 0 aliphatic carbocycles. The van der Waals surface area contributed by atoms with E-state index in [-0.39, 0.29) is 38.6 Å². The summed E-state index contributed by atoms with van der Waals surface area (Å²) in [4.78, 5) is 33.7. The van der Waals surface area contributed by atoms with Crippen molar-refractivity contribution in [3.8, 4) is 33.4 Å². The number of rotatable bonds is 12. The van der Waals surface area contributed by atoms with Gasteiger partial charge in [0.15, 0.2) is 0 Å². The molecule has 0 fully saturated rings. The summed E-state index contributed by atoms with van der Waals surface area (Å²) < 4.78 is 0. The quantitative estimate of drug-likeness (QED) is 0.0446. The van der Waals surface area contributed by atoms with Crippen molar-refractivity contribution in [3.63, 3.8) is 0 Å². The molecule has 14 nitrogen and oxygen atoms in total. The molecule has 15 heteroatoms. The minimum Gasteiger partial charge on any atom is -0.399 e. The number of benzene rings is 9. The van der Waals surface area contributed by atoms with Crippen LogP contribution in [-0.2, 0) is 38.9 Å². The maximum absolute atomic E-state index is 10.9. The predicted molar refractivity (Wildman–Crippen MR) is 356 cm³/mol. The van der Waals surface area contributed by atoms with Gasteiger partial charge in [0.05, 0.1) is 28.6 Å². The van der Waals surface area contributed by atoms with E-state index in [1.54, 1.807) is 18.2 Å². The van der Waals surface area contributed by atoms with Gasteiger partial charge in [-0.25, -0.2) is 4.99 Å². The number of nitrogens with two attached hydrogens (primary N) is 2. The summed E-state index contributed by atoms with van der Waals surface area (Å²) in [6, 6.07) is 71.8. The summed E-state index contributed by atoms with van der Waals surface area (Å²) in [5, 5.41) is 36.4. The first-order valence-corrected chi connectivity index (χ1v) is 27.3. The Balaban J connectivity index is 0.000000206. The molecule has 0 bridgehead atoms. The zero-order valence-electron chi connectivity index (χ0n) is 45.5. The van der Waals surface area contributed by atoms with Crippen molar-refractivity contribution in [1.29, 1.82) is 0 Å². The van der Waals surface area contributed by atoms with Crippen molar-refractivity contribution in [2.24, 2.45) is 20.7 Å². The van der Waals surface area contributed by atoms with Gasteiger partial charge in [-0.05, 0) is 97.4 Å². The molecular formula is C70H76ClN9O5. The largest absolute Gasteiger partial charge is 0.399 e. The second-order valence-electron chi connectivity index (χ2n) is 19.3. The number of aliphatic hydroxyl groups is 1. The van der Waals surface area contributed by atoms with Gasteiger partial charge in [0.25, 0.3) is 11.4 Å². The molecule has 0 radical (unpaired) electrons. The van der Waals surface area contributed by atoms with Crippen molar-refractivity contribution in [2.45, 2.75) is 80.9 Å². The zero-order valence-corrected chi connectivity index (χ0v) is 46.3. The van der Waals surface area contributed by atoms with Crippen LogP contribution in [-0.4, -0.2) is 38.4 Å². The lowest BCUT2D eigenvalue weighted by atomic mass is 10.0. The average Bonchev–Trinajstić information content (AvgIpc) is 4.45. The highest BCUT2D eigenvalue weighted by atomic mass is 35.5. The zero-order chi connectivity index (χ0) is 57.6. The number of hydrogen-bond acceptors (Lipinski definition) is 10. The Morgan fingerprint density at radius 2 is 0.906 bits per heavy atom. The van der Waals surface area contributed by atoms with Crippen molar-refractivity contribution in [1.82, 2.24) is 0 Å². The number of nitro benzene ring substituents is 2. The molecule has 9 aromatic carbocycles.